The molecule has 0 unspecified atom stereocenters. The smallest absolute Gasteiger partial charge is 0.416 e. The Labute approximate surface area is 248 Å². The summed E-state index contributed by atoms with van der Waals surface area (Å²) in [5, 5.41) is 16.9. The SMILES string of the molecule is CC(C)[C@H](NC(=O)OCc1ccccc1)C(=O)N1CCC[C@H]1C(=O)N[C@@H](Cc1ccc2ccccc2c1)[C@H](O)C(F)(F)F. The summed E-state index contributed by atoms with van der Waals surface area (Å²) in [6, 6.07) is 17.7. The van der Waals surface area contributed by atoms with Crippen molar-refractivity contribution >= 4 is 28.7 Å². The maximum Gasteiger partial charge on any atom is 0.416 e. The Hall–Kier alpha value is -4.12. The molecule has 0 saturated carbocycles. The van der Waals surface area contributed by atoms with Crippen molar-refractivity contribution < 1.29 is 37.4 Å². The van der Waals surface area contributed by atoms with Gasteiger partial charge in [-0.2, -0.15) is 13.2 Å². The molecule has 0 aromatic heterocycles. The van der Waals surface area contributed by atoms with Crippen molar-refractivity contribution in [1.82, 2.24) is 15.5 Å². The van der Waals surface area contributed by atoms with E-state index < -0.39 is 48.3 Å². The molecule has 1 fully saturated rings. The third kappa shape index (κ3) is 8.25. The van der Waals surface area contributed by atoms with Gasteiger partial charge in [0.15, 0.2) is 6.10 Å². The fourth-order valence-corrected chi connectivity index (χ4v) is 5.26. The number of aliphatic hydroxyl groups excluding tert-OH is 1. The minimum atomic E-state index is -4.98. The average Bonchev–Trinajstić information content (AvgIpc) is 3.48. The topological polar surface area (TPSA) is 108 Å². The number of hydrogen-bond donors (Lipinski definition) is 3. The van der Waals surface area contributed by atoms with Gasteiger partial charge in [-0.3, -0.25) is 9.59 Å². The van der Waals surface area contributed by atoms with E-state index in [1.165, 1.54) is 4.90 Å². The number of alkyl carbamates (subject to hydrolysis) is 1. The van der Waals surface area contributed by atoms with Crippen LogP contribution in [0.4, 0.5) is 18.0 Å². The number of carbonyl (C=O) groups excluding carboxylic acids is 3. The van der Waals surface area contributed by atoms with Crippen LogP contribution in [0.5, 0.6) is 0 Å². The number of ether oxygens (including phenoxy) is 1. The standard InChI is InChI=1S/C32H36F3N3O5/c1-20(2)27(37-31(42)43-19-21-9-4-3-5-10-21)30(41)38-16-8-13-26(38)29(40)36-25(28(39)32(33,34)35)18-22-14-15-23-11-6-7-12-24(23)17-22/h3-7,9-12,14-15,17,20,25-28,39H,8,13,16,18-19H2,1-2H3,(H,36,40)(H,37,42)/t25-,26-,27-,28-/m0/s1. The molecule has 1 aliphatic rings. The highest BCUT2D eigenvalue weighted by Crippen LogP contribution is 2.27. The summed E-state index contributed by atoms with van der Waals surface area (Å²) in [5.74, 6) is -1.70. The van der Waals surface area contributed by atoms with Crippen molar-refractivity contribution in [3.8, 4) is 0 Å². The Morgan fingerprint density at radius 3 is 2.30 bits per heavy atom. The first-order chi connectivity index (χ1) is 20.4. The van der Waals surface area contributed by atoms with Gasteiger partial charge in [0, 0.05) is 6.54 Å². The van der Waals surface area contributed by atoms with Gasteiger partial charge in [0.25, 0.3) is 0 Å². The number of nitrogens with one attached hydrogen (secondary N) is 2. The number of fused-ring (bicyclic) bond motifs is 1. The predicted octanol–water partition coefficient (Wildman–Crippen LogP) is 4.73. The molecule has 3 amide bonds. The molecule has 8 nitrogen and oxygen atoms in total. The van der Waals surface area contributed by atoms with Crippen LogP contribution in [-0.4, -0.2) is 64.9 Å². The van der Waals surface area contributed by atoms with Crippen molar-refractivity contribution in [3.63, 3.8) is 0 Å². The van der Waals surface area contributed by atoms with Gasteiger partial charge in [-0.25, -0.2) is 4.79 Å². The van der Waals surface area contributed by atoms with Crippen LogP contribution in [0.3, 0.4) is 0 Å². The maximum absolute atomic E-state index is 13.7. The number of rotatable bonds is 10. The number of likely N-dealkylation sites (tertiary alicyclic amines) is 1. The van der Waals surface area contributed by atoms with Crippen molar-refractivity contribution in [2.75, 3.05) is 6.54 Å². The van der Waals surface area contributed by atoms with Crippen LogP contribution in [0.15, 0.2) is 72.8 Å². The number of nitrogens with zero attached hydrogens (tertiary/aromatic N) is 1. The van der Waals surface area contributed by atoms with E-state index in [1.54, 1.807) is 56.3 Å². The van der Waals surface area contributed by atoms with E-state index in [1.807, 2.05) is 30.3 Å². The fourth-order valence-electron chi connectivity index (χ4n) is 5.26. The van der Waals surface area contributed by atoms with Crippen LogP contribution in [0.25, 0.3) is 10.8 Å². The van der Waals surface area contributed by atoms with Crippen LogP contribution >= 0.6 is 0 Å². The minimum absolute atomic E-state index is 0.000548. The van der Waals surface area contributed by atoms with Gasteiger partial charge in [-0.1, -0.05) is 86.6 Å². The third-order valence-electron chi connectivity index (χ3n) is 7.57. The van der Waals surface area contributed by atoms with E-state index in [2.05, 4.69) is 10.6 Å². The Morgan fingerprint density at radius 1 is 0.953 bits per heavy atom. The lowest BCUT2D eigenvalue weighted by molar-refractivity contribution is -0.212. The van der Waals surface area contributed by atoms with Crippen LogP contribution < -0.4 is 10.6 Å². The van der Waals surface area contributed by atoms with Gasteiger partial charge in [-0.05, 0) is 47.1 Å². The number of halogens is 3. The van der Waals surface area contributed by atoms with Gasteiger partial charge in [0.2, 0.25) is 11.8 Å². The monoisotopic (exact) mass is 599 g/mol. The number of amides is 3. The normalized spacial score (nSPS) is 17.4. The zero-order valence-electron chi connectivity index (χ0n) is 24.0. The molecule has 3 aromatic carbocycles. The first-order valence-electron chi connectivity index (χ1n) is 14.2. The van der Waals surface area contributed by atoms with E-state index in [0.717, 1.165) is 16.3 Å². The molecule has 3 N–H and O–H groups in total. The number of benzene rings is 3. The molecule has 1 saturated heterocycles. The Bertz CT molecular complexity index is 1420. The summed E-state index contributed by atoms with van der Waals surface area (Å²) < 4.78 is 46.2. The molecule has 0 aliphatic carbocycles. The zero-order valence-corrected chi connectivity index (χ0v) is 24.0. The van der Waals surface area contributed by atoms with Gasteiger partial charge >= 0.3 is 12.3 Å². The predicted molar refractivity (Wildman–Crippen MR) is 155 cm³/mol. The quantitative estimate of drug-likeness (QED) is 0.312. The van der Waals surface area contributed by atoms with E-state index in [4.69, 9.17) is 4.74 Å². The molecular weight excluding hydrogens is 563 g/mol. The molecule has 230 valence electrons. The highest BCUT2D eigenvalue weighted by molar-refractivity contribution is 5.92. The zero-order chi connectivity index (χ0) is 31.1. The number of hydrogen-bond acceptors (Lipinski definition) is 5. The molecule has 43 heavy (non-hydrogen) atoms. The summed E-state index contributed by atoms with van der Waals surface area (Å²) in [4.78, 5) is 40.7. The molecular formula is C32H36F3N3O5. The fraction of sp³-hybridized carbons (Fsp3) is 0.406. The van der Waals surface area contributed by atoms with E-state index in [9.17, 15) is 32.7 Å². The summed E-state index contributed by atoms with van der Waals surface area (Å²) in [7, 11) is 0. The summed E-state index contributed by atoms with van der Waals surface area (Å²) in [5.41, 5.74) is 1.27. The van der Waals surface area contributed by atoms with Crippen LogP contribution in [0.2, 0.25) is 0 Å². The van der Waals surface area contributed by atoms with E-state index >= 15 is 0 Å². The minimum Gasteiger partial charge on any atom is -0.445 e. The molecule has 11 heteroatoms. The first-order valence-corrected chi connectivity index (χ1v) is 14.2. The Morgan fingerprint density at radius 2 is 1.63 bits per heavy atom. The van der Waals surface area contributed by atoms with Gasteiger partial charge < -0.3 is 25.4 Å². The first kappa shape index (κ1) is 31.8. The lowest BCUT2D eigenvalue weighted by Gasteiger charge is -2.32. The van der Waals surface area contributed by atoms with Crippen molar-refractivity contribution in [2.24, 2.45) is 5.92 Å². The van der Waals surface area contributed by atoms with Crippen molar-refractivity contribution in [2.45, 2.75) is 70.1 Å². The lowest BCUT2D eigenvalue weighted by Crippen LogP contribution is -2.58. The Kier molecular flexibility index (Phi) is 10.3. The molecule has 0 spiro atoms. The summed E-state index contributed by atoms with van der Waals surface area (Å²) in [6.45, 7) is 3.65. The molecule has 0 radical (unpaired) electrons. The van der Waals surface area contributed by atoms with Crippen LogP contribution in [0, 0.1) is 5.92 Å². The second-order valence-corrected chi connectivity index (χ2v) is 11.1. The molecule has 4 rings (SSSR count). The summed E-state index contributed by atoms with van der Waals surface area (Å²) in [6.07, 6.45) is -8.21. The van der Waals surface area contributed by atoms with E-state index in [-0.39, 0.29) is 31.9 Å². The Balaban J connectivity index is 1.45. The highest BCUT2D eigenvalue weighted by atomic mass is 19.4. The number of alkyl halides is 3. The molecule has 1 aliphatic heterocycles. The highest BCUT2D eigenvalue weighted by Gasteiger charge is 2.46. The molecule has 0 bridgehead atoms. The van der Waals surface area contributed by atoms with Crippen LogP contribution in [-0.2, 0) is 27.4 Å². The molecule has 4 atom stereocenters. The largest absolute Gasteiger partial charge is 0.445 e. The van der Waals surface area contributed by atoms with Gasteiger partial charge in [0.05, 0.1) is 6.04 Å². The van der Waals surface area contributed by atoms with Gasteiger partial charge in [0.1, 0.15) is 18.7 Å². The van der Waals surface area contributed by atoms with Crippen molar-refractivity contribution in [1.29, 1.82) is 0 Å². The molecule has 1 heterocycles. The average molecular weight is 600 g/mol. The second-order valence-electron chi connectivity index (χ2n) is 11.1. The maximum atomic E-state index is 13.7. The third-order valence-corrected chi connectivity index (χ3v) is 7.57. The van der Waals surface area contributed by atoms with Crippen LogP contribution in [0.1, 0.15) is 37.8 Å². The summed E-state index contributed by atoms with van der Waals surface area (Å²) >= 11 is 0. The van der Waals surface area contributed by atoms with E-state index in [0.29, 0.717) is 12.0 Å². The molecule has 3 aromatic rings. The number of aliphatic hydroxyl groups is 1. The second kappa shape index (κ2) is 13.9. The number of carbonyl (C=O) groups is 3. The van der Waals surface area contributed by atoms with Crippen molar-refractivity contribution in [3.05, 3.63) is 83.9 Å². The lowest BCUT2D eigenvalue weighted by atomic mass is 9.97. The van der Waals surface area contributed by atoms with Gasteiger partial charge in [-0.15, -0.1) is 0 Å².